The normalized spacial score (nSPS) is 26.1. The van der Waals surface area contributed by atoms with Crippen LogP contribution in [0.1, 0.15) is 18.5 Å². The Morgan fingerprint density at radius 3 is 2.81 bits per heavy atom. The van der Waals surface area contributed by atoms with Gasteiger partial charge < -0.3 is 20.1 Å². The van der Waals surface area contributed by atoms with Crippen molar-refractivity contribution in [1.29, 1.82) is 5.26 Å². The number of nitriles is 1. The largest absolute Gasteiger partial charge is 0.394 e. The Bertz CT molecular complexity index is 724. The number of benzene rings is 1. The predicted octanol–water partition coefficient (Wildman–Crippen LogP) is 2.65. The van der Waals surface area contributed by atoms with E-state index in [9.17, 15) is 5.26 Å². The number of nitrogens with one attached hydrogen (secondary N) is 1. The summed E-state index contributed by atoms with van der Waals surface area (Å²) >= 11 is 6.03. The number of ether oxygens (including phenoxy) is 1. The standard InChI is InChI=1S/C20H24ClN3O2/c1-14-10-18(16(12-22)11-20(14)26-9-8-25)24-7-6-23-13-19(24)15-2-4-17(21)5-3-15/h2-5,10-11,14,19-20,23,25H,6-9,13H2,1H3/t14-,19-,20?/m0/s1. The van der Waals surface area contributed by atoms with Crippen molar-refractivity contribution < 1.29 is 9.84 Å². The molecule has 1 saturated heterocycles. The van der Waals surface area contributed by atoms with Crippen molar-refractivity contribution in [3.63, 3.8) is 0 Å². The Morgan fingerprint density at radius 1 is 1.35 bits per heavy atom. The molecule has 0 saturated carbocycles. The van der Waals surface area contributed by atoms with Crippen LogP contribution in [-0.4, -0.2) is 49.0 Å². The van der Waals surface area contributed by atoms with Gasteiger partial charge in [0.25, 0.3) is 0 Å². The number of hydrogen-bond acceptors (Lipinski definition) is 5. The van der Waals surface area contributed by atoms with Crippen LogP contribution in [-0.2, 0) is 4.74 Å². The molecule has 1 unspecified atom stereocenters. The average Bonchev–Trinajstić information content (AvgIpc) is 2.67. The van der Waals surface area contributed by atoms with Crippen LogP contribution in [0.4, 0.5) is 0 Å². The van der Waals surface area contributed by atoms with E-state index in [0.717, 1.165) is 30.4 Å². The highest BCUT2D eigenvalue weighted by Crippen LogP contribution is 2.34. The minimum absolute atomic E-state index is 0.0219. The number of hydrogen-bond donors (Lipinski definition) is 2. The van der Waals surface area contributed by atoms with Crippen molar-refractivity contribution in [2.75, 3.05) is 32.8 Å². The summed E-state index contributed by atoms with van der Waals surface area (Å²) in [6.07, 6.45) is 3.82. The minimum Gasteiger partial charge on any atom is -0.394 e. The van der Waals surface area contributed by atoms with Crippen molar-refractivity contribution in [2.45, 2.75) is 19.1 Å². The van der Waals surface area contributed by atoms with Gasteiger partial charge >= 0.3 is 0 Å². The fraction of sp³-hybridized carbons (Fsp3) is 0.450. The van der Waals surface area contributed by atoms with Crippen molar-refractivity contribution in [2.24, 2.45) is 5.92 Å². The van der Waals surface area contributed by atoms with Gasteiger partial charge in [-0.1, -0.05) is 36.7 Å². The zero-order valence-electron chi connectivity index (χ0n) is 14.9. The van der Waals surface area contributed by atoms with Gasteiger partial charge in [-0.2, -0.15) is 5.26 Å². The fourth-order valence-electron chi connectivity index (χ4n) is 3.54. The first kappa shape index (κ1) is 18.9. The molecule has 1 aromatic carbocycles. The van der Waals surface area contributed by atoms with Crippen LogP contribution < -0.4 is 5.32 Å². The third-order valence-electron chi connectivity index (χ3n) is 4.88. The quantitative estimate of drug-likeness (QED) is 0.830. The lowest BCUT2D eigenvalue weighted by Crippen LogP contribution is -2.46. The molecule has 0 amide bonds. The maximum atomic E-state index is 9.69. The summed E-state index contributed by atoms with van der Waals surface area (Å²) in [5.74, 6) is 0.134. The van der Waals surface area contributed by atoms with Crippen LogP contribution in [0.5, 0.6) is 0 Å². The Labute approximate surface area is 159 Å². The molecule has 1 fully saturated rings. The summed E-state index contributed by atoms with van der Waals surface area (Å²) in [5.41, 5.74) is 2.77. The highest BCUT2D eigenvalue weighted by molar-refractivity contribution is 6.30. The summed E-state index contributed by atoms with van der Waals surface area (Å²) in [6.45, 7) is 4.84. The van der Waals surface area contributed by atoms with E-state index in [1.54, 1.807) is 0 Å². The molecule has 3 rings (SSSR count). The van der Waals surface area contributed by atoms with E-state index >= 15 is 0 Å². The van der Waals surface area contributed by atoms with Gasteiger partial charge in [-0.3, -0.25) is 0 Å². The molecule has 0 bridgehead atoms. The Kier molecular flexibility index (Phi) is 6.33. The smallest absolute Gasteiger partial charge is 0.101 e. The topological polar surface area (TPSA) is 68.5 Å². The van der Waals surface area contributed by atoms with Crippen LogP contribution in [0.2, 0.25) is 5.02 Å². The van der Waals surface area contributed by atoms with Gasteiger partial charge in [0.15, 0.2) is 0 Å². The van der Waals surface area contributed by atoms with Crippen molar-refractivity contribution in [3.05, 3.63) is 58.3 Å². The fourth-order valence-corrected chi connectivity index (χ4v) is 3.67. The molecule has 2 aliphatic rings. The Morgan fingerprint density at radius 2 is 2.12 bits per heavy atom. The average molecular weight is 374 g/mol. The number of aliphatic hydroxyl groups excluding tert-OH is 1. The molecular formula is C20H24ClN3O2. The van der Waals surface area contributed by atoms with E-state index in [-0.39, 0.29) is 31.3 Å². The molecular weight excluding hydrogens is 350 g/mol. The van der Waals surface area contributed by atoms with E-state index < -0.39 is 0 Å². The van der Waals surface area contributed by atoms with E-state index in [0.29, 0.717) is 5.57 Å². The molecule has 3 atom stereocenters. The van der Waals surface area contributed by atoms with Crippen LogP contribution in [0, 0.1) is 17.2 Å². The molecule has 2 N–H and O–H groups in total. The van der Waals surface area contributed by atoms with E-state index in [4.69, 9.17) is 21.4 Å². The van der Waals surface area contributed by atoms with E-state index in [1.165, 1.54) is 5.56 Å². The third kappa shape index (κ3) is 4.11. The number of halogens is 1. The van der Waals surface area contributed by atoms with Crippen molar-refractivity contribution in [3.8, 4) is 6.07 Å². The lowest BCUT2D eigenvalue weighted by atomic mass is 9.91. The molecule has 0 spiro atoms. The summed E-state index contributed by atoms with van der Waals surface area (Å²) in [7, 11) is 0. The first-order valence-electron chi connectivity index (χ1n) is 8.93. The molecule has 1 aliphatic heterocycles. The number of allylic oxidation sites excluding steroid dienone is 1. The lowest BCUT2D eigenvalue weighted by molar-refractivity contribution is 0.0345. The maximum absolute atomic E-state index is 9.69. The summed E-state index contributed by atoms with van der Waals surface area (Å²) < 4.78 is 5.67. The van der Waals surface area contributed by atoms with E-state index in [2.05, 4.69) is 29.3 Å². The molecule has 1 heterocycles. The number of piperazine rings is 1. The maximum Gasteiger partial charge on any atom is 0.101 e. The highest BCUT2D eigenvalue weighted by Gasteiger charge is 2.31. The molecule has 0 radical (unpaired) electrons. The molecule has 26 heavy (non-hydrogen) atoms. The Hall–Kier alpha value is -1.84. The molecule has 0 aromatic heterocycles. The number of rotatable bonds is 5. The molecule has 1 aliphatic carbocycles. The van der Waals surface area contributed by atoms with Crippen LogP contribution in [0.3, 0.4) is 0 Å². The van der Waals surface area contributed by atoms with Gasteiger partial charge in [0, 0.05) is 30.6 Å². The monoisotopic (exact) mass is 373 g/mol. The van der Waals surface area contributed by atoms with Gasteiger partial charge in [-0.25, -0.2) is 0 Å². The lowest BCUT2D eigenvalue weighted by Gasteiger charge is -2.41. The second-order valence-electron chi connectivity index (χ2n) is 6.63. The first-order valence-corrected chi connectivity index (χ1v) is 9.31. The van der Waals surface area contributed by atoms with Gasteiger partial charge in [0.1, 0.15) is 6.07 Å². The zero-order valence-corrected chi connectivity index (χ0v) is 15.6. The summed E-state index contributed by atoms with van der Waals surface area (Å²) in [5, 5.41) is 22.8. The number of nitrogens with zero attached hydrogens (tertiary/aromatic N) is 2. The summed E-state index contributed by atoms with van der Waals surface area (Å²) in [6, 6.07) is 10.4. The summed E-state index contributed by atoms with van der Waals surface area (Å²) in [4.78, 5) is 2.30. The minimum atomic E-state index is -0.183. The van der Waals surface area contributed by atoms with Gasteiger partial charge in [0.05, 0.1) is 36.6 Å². The zero-order chi connectivity index (χ0) is 18.5. The molecule has 6 heteroatoms. The second kappa shape index (κ2) is 8.70. The SMILES string of the molecule is C[C@H]1C=C(N2CCNC[C@H]2c2ccc(Cl)cc2)C(C#N)=CC1OCCO. The third-order valence-corrected chi connectivity index (χ3v) is 5.13. The van der Waals surface area contributed by atoms with Crippen LogP contribution in [0.15, 0.2) is 47.7 Å². The van der Waals surface area contributed by atoms with Gasteiger partial charge in [0.2, 0.25) is 0 Å². The second-order valence-corrected chi connectivity index (χ2v) is 7.06. The molecule has 138 valence electrons. The molecule has 1 aromatic rings. The Balaban J connectivity index is 1.88. The van der Waals surface area contributed by atoms with Gasteiger partial charge in [-0.05, 0) is 23.8 Å². The molecule has 5 nitrogen and oxygen atoms in total. The van der Waals surface area contributed by atoms with Gasteiger partial charge in [-0.15, -0.1) is 0 Å². The first-order chi connectivity index (χ1) is 12.6. The van der Waals surface area contributed by atoms with Crippen LogP contribution in [0.25, 0.3) is 0 Å². The van der Waals surface area contributed by atoms with E-state index in [1.807, 2.05) is 30.3 Å². The van der Waals surface area contributed by atoms with Crippen LogP contribution >= 0.6 is 11.6 Å². The van der Waals surface area contributed by atoms with Crippen molar-refractivity contribution >= 4 is 11.6 Å². The predicted molar refractivity (Wildman–Crippen MR) is 102 cm³/mol. The highest BCUT2D eigenvalue weighted by atomic mass is 35.5. The number of aliphatic hydroxyl groups is 1. The van der Waals surface area contributed by atoms with Crippen molar-refractivity contribution in [1.82, 2.24) is 10.2 Å².